The van der Waals surface area contributed by atoms with Crippen molar-refractivity contribution in [2.75, 3.05) is 26.0 Å². The number of urea groups is 1. The average Bonchev–Trinajstić information content (AvgIpc) is 3.48. The first-order valence-electron chi connectivity index (χ1n) is 12.7. The second-order valence-electron chi connectivity index (χ2n) is 10.1. The predicted molar refractivity (Wildman–Crippen MR) is 149 cm³/mol. The summed E-state index contributed by atoms with van der Waals surface area (Å²) in [7, 11) is 3.85. The van der Waals surface area contributed by atoms with Gasteiger partial charge in [0, 0.05) is 35.4 Å². The lowest BCUT2D eigenvalue weighted by molar-refractivity contribution is 0.194. The molecule has 2 aliphatic heterocycles. The number of anilines is 1. The van der Waals surface area contributed by atoms with Gasteiger partial charge in [0.05, 0.1) is 25.4 Å². The van der Waals surface area contributed by atoms with E-state index in [1.807, 2.05) is 40.5 Å². The number of methoxy groups -OCH3 is 1. The maximum Gasteiger partial charge on any atom is 0.322 e. The number of aromatic nitrogens is 1. The molecule has 1 unspecified atom stereocenters. The van der Waals surface area contributed by atoms with Crippen molar-refractivity contribution < 1.29 is 9.53 Å². The molecule has 190 valence electrons. The van der Waals surface area contributed by atoms with E-state index in [-0.39, 0.29) is 12.1 Å². The fourth-order valence-electron chi connectivity index (χ4n) is 5.56. The maximum absolute atomic E-state index is 14.2. The number of ether oxygens (including phenoxy) is 1. The molecule has 1 N–H and O–H groups in total. The van der Waals surface area contributed by atoms with Crippen LogP contribution in [0.15, 0.2) is 60.8 Å². The Labute approximate surface area is 222 Å². The number of likely N-dealkylation sites (N-methyl/N-ethyl adjacent to an activating group) is 1. The lowest BCUT2D eigenvalue weighted by atomic mass is 10.00. The number of hydrogen-bond acceptors (Lipinski definition) is 4. The minimum Gasteiger partial charge on any atom is -0.497 e. The lowest BCUT2D eigenvalue weighted by Gasteiger charge is -2.32. The van der Waals surface area contributed by atoms with E-state index in [9.17, 15) is 4.79 Å². The molecule has 4 heterocycles. The van der Waals surface area contributed by atoms with Gasteiger partial charge in [-0.2, -0.15) is 0 Å². The highest BCUT2D eigenvalue weighted by Gasteiger charge is 2.36. The van der Waals surface area contributed by atoms with Crippen LogP contribution >= 0.6 is 11.3 Å². The molecule has 0 fully saturated rings. The van der Waals surface area contributed by atoms with Gasteiger partial charge >= 0.3 is 6.03 Å². The van der Waals surface area contributed by atoms with Crippen molar-refractivity contribution in [3.63, 3.8) is 0 Å². The van der Waals surface area contributed by atoms with E-state index in [2.05, 4.69) is 72.2 Å². The Hall–Kier alpha value is -3.55. The standard InChI is InChI=1S/C30H32N4O2S/c1-19-7-5-8-25(20(19)2)31-30(35)34-17-24-23-14-16-32(3)18-27(23)37-29(24)33-15-6-9-26(33)28(34)21-10-12-22(36-4)13-11-21/h5-13,15,28H,14,16-18H2,1-4H3,(H,31,35). The number of aryl methyl sites for hydroxylation is 1. The summed E-state index contributed by atoms with van der Waals surface area (Å²) in [5.41, 5.74) is 7.94. The molecule has 0 spiro atoms. The van der Waals surface area contributed by atoms with E-state index in [1.54, 1.807) is 7.11 Å². The number of benzene rings is 2. The second kappa shape index (κ2) is 9.39. The van der Waals surface area contributed by atoms with Gasteiger partial charge < -0.3 is 24.4 Å². The zero-order valence-corrected chi connectivity index (χ0v) is 22.6. The van der Waals surface area contributed by atoms with Crippen LogP contribution in [0.3, 0.4) is 0 Å². The second-order valence-corrected chi connectivity index (χ2v) is 11.1. The molecule has 37 heavy (non-hydrogen) atoms. The van der Waals surface area contributed by atoms with Gasteiger partial charge in [-0.25, -0.2) is 4.79 Å². The van der Waals surface area contributed by atoms with Crippen LogP contribution in [0.5, 0.6) is 5.75 Å². The summed E-state index contributed by atoms with van der Waals surface area (Å²) >= 11 is 1.87. The van der Waals surface area contributed by atoms with Crippen LogP contribution in [-0.4, -0.2) is 41.1 Å². The largest absolute Gasteiger partial charge is 0.497 e. The van der Waals surface area contributed by atoms with E-state index >= 15 is 0 Å². The Morgan fingerprint density at radius 1 is 1.03 bits per heavy atom. The number of carbonyl (C=O) groups is 1. The third-order valence-corrected chi connectivity index (χ3v) is 9.05. The van der Waals surface area contributed by atoms with Crippen molar-refractivity contribution in [2.45, 2.75) is 39.4 Å². The Balaban J connectivity index is 1.49. The number of hydrogen-bond donors (Lipinski definition) is 1. The Bertz CT molecular complexity index is 1470. The summed E-state index contributed by atoms with van der Waals surface area (Å²) in [5.74, 6) is 0.802. The third kappa shape index (κ3) is 4.12. The van der Waals surface area contributed by atoms with Crippen molar-refractivity contribution in [2.24, 2.45) is 0 Å². The molecule has 0 saturated carbocycles. The Morgan fingerprint density at radius 2 is 1.84 bits per heavy atom. The Kier molecular flexibility index (Phi) is 6.05. The van der Waals surface area contributed by atoms with Gasteiger partial charge in [0.1, 0.15) is 10.8 Å². The number of amides is 2. The smallest absolute Gasteiger partial charge is 0.322 e. The van der Waals surface area contributed by atoms with Crippen LogP contribution in [0.2, 0.25) is 0 Å². The minimum atomic E-state index is -0.243. The van der Waals surface area contributed by atoms with Gasteiger partial charge in [0.2, 0.25) is 0 Å². The SMILES string of the molecule is COc1ccc(C2c3cccn3-c3sc4c(c3CN2C(=O)Nc2cccc(C)c2C)CCN(C)C4)cc1. The van der Waals surface area contributed by atoms with Gasteiger partial charge in [-0.3, -0.25) is 0 Å². The zero-order valence-electron chi connectivity index (χ0n) is 21.7. The minimum absolute atomic E-state index is 0.0944. The molecule has 2 aromatic carbocycles. The van der Waals surface area contributed by atoms with Crippen molar-refractivity contribution in [1.82, 2.24) is 14.4 Å². The number of nitrogens with zero attached hydrogens (tertiary/aromatic N) is 3. The summed E-state index contributed by atoms with van der Waals surface area (Å²) in [6.45, 7) is 6.68. The molecule has 7 heteroatoms. The summed E-state index contributed by atoms with van der Waals surface area (Å²) in [6, 6.07) is 18.0. The molecule has 0 bridgehead atoms. The summed E-state index contributed by atoms with van der Waals surface area (Å²) in [6.07, 6.45) is 3.15. The summed E-state index contributed by atoms with van der Waals surface area (Å²) in [5, 5.41) is 4.49. The van der Waals surface area contributed by atoms with Crippen molar-refractivity contribution >= 4 is 23.1 Å². The molecule has 0 aliphatic carbocycles. The van der Waals surface area contributed by atoms with E-state index in [1.165, 1.54) is 21.0 Å². The number of carbonyl (C=O) groups excluding carboxylic acids is 1. The lowest BCUT2D eigenvalue weighted by Crippen LogP contribution is -2.38. The van der Waals surface area contributed by atoms with E-state index in [4.69, 9.17) is 4.74 Å². The number of fused-ring (bicyclic) bond motifs is 5. The van der Waals surface area contributed by atoms with Crippen molar-refractivity contribution in [3.8, 4) is 10.8 Å². The van der Waals surface area contributed by atoms with Crippen LogP contribution in [0.25, 0.3) is 5.00 Å². The van der Waals surface area contributed by atoms with Crippen molar-refractivity contribution in [3.05, 3.63) is 99.2 Å². The first-order valence-corrected chi connectivity index (χ1v) is 13.5. The van der Waals surface area contributed by atoms with Gasteiger partial charge in [-0.1, -0.05) is 24.3 Å². The Morgan fingerprint density at radius 3 is 2.62 bits per heavy atom. The third-order valence-electron chi connectivity index (χ3n) is 7.79. The van der Waals surface area contributed by atoms with Gasteiger partial charge in [-0.05, 0) is 79.9 Å². The zero-order chi connectivity index (χ0) is 25.7. The highest BCUT2D eigenvalue weighted by atomic mass is 32.1. The monoisotopic (exact) mass is 512 g/mol. The van der Waals surface area contributed by atoms with Crippen LogP contribution in [0.4, 0.5) is 10.5 Å². The van der Waals surface area contributed by atoms with Crippen LogP contribution in [-0.2, 0) is 19.5 Å². The topological polar surface area (TPSA) is 49.7 Å². The average molecular weight is 513 g/mol. The van der Waals surface area contributed by atoms with Crippen LogP contribution in [0.1, 0.15) is 44.4 Å². The maximum atomic E-state index is 14.2. The molecule has 0 radical (unpaired) electrons. The molecule has 1 atom stereocenters. The number of thiophene rings is 1. The molecular formula is C30H32N4O2S. The van der Waals surface area contributed by atoms with Gasteiger partial charge in [0.15, 0.2) is 0 Å². The number of nitrogens with one attached hydrogen (secondary N) is 1. The quantitative estimate of drug-likeness (QED) is 0.351. The first-order chi connectivity index (χ1) is 17.9. The molecule has 6 nitrogen and oxygen atoms in total. The number of rotatable bonds is 3. The molecular weight excluding hydrogens is 480 g/mol. The molecule has 2 aromatic heterocycles. The first kappa shape index (κ1) is 23.8. The van der Waals surface area contributed by atoms with Crippen LogP contribution < -0.4 is 10.1 Å². The van der Waals surface area contributed by atoms with Gasteiger partial charge in [-0.15, -0.1) is 11.3 Å². The van der Waals surface area contributed by atoms with E-state index < -0.39 is 0 Å². The summed E-state index contributed by atoms with van der Waals surface area (Å²) in [4.78, 5) is 19.9. The fraction of sp³-hybridized carbons (Fsp3) is 0.300. The molecule has 2 amide bonds. The summed E-state index contributed by atoms with van der Waals surface area (Å²) < 4.78 is 7.73. The predicted octanol–water partition coefficient (Wildman–Crippen LogP) is 6.29. The van der Waals surface area contributed by atoms with E-state index in [0.29, 0.717) is 6.54 Å². The van der Waals surface area contributed by atoms with Crippen molar-refractivity contribution in [1.29, 1.82) is 0 Å². The highest BCUT2D eigenvalue weighted by molar-refractivity contribution is 7.15. The van der Waals surface area contributed by atoms with E-state index in [0.717, 1.165) is 53.3 Å². The molecule has 2 aliphatic rings. The normalized spacial score (nSPS) is 17.0. The van der Waals surface area contributed by atoms with Gasteiger partial charge in [0.25, 0.3) is 0 Å². The molecule has 0 saturated heterocycles. The molecule has 4 aromatic rings. The fourth-order valence-corrected chi connectivity index (χ4v) is 7.00. The van der Waals surface area contributed by atoms with Crippen LogP contribution in [0, 0.1) is 13.8 Å². The highest BCUT2D eigenvalue weighted by Crippen LogP contribution is 2.43. The molecule has 6 rings (SSSR count).